The number of amides is 1. The van der Waals surface area contributed by atoms with E-state index in [1.54, 1.807) is 50.4 Å². The Kier molecular flexibility index (Phi) is 7.79. The van der Waals surface area contributed by atoms with Crippen LogP contribution in [0.15, 0.2) is 53.3 Å². The minimum Gasteiger partial charge on any atom is -0.508 e. The van der Waals surface area contributed by atoms with Crippen molar-refractivity contribution in [1.82, 2.24) is 19.8 Å². The molecular weight excluding hydrogens is 448 g/mol. The zero-order valence-corrected chi connectivity index (χ0v) is 20.0. The number of hydrogen-bond acceptors (Lipinski definition) is 7. The van der Waals surface area contributed by atoms with Crippen LogP contribution in [0.5, 0.6) is 11.5 Å². The average molecular weight is 479 g/mol. The molecule has 2 N–H and O–H groups in total. The largest absolute Gasteiger partial charge is 0.508 e. The number of ether oxygens (including phenoxy) is 2. The van der Waals surface area contributed by atoms with Crippen LogP contribution in [0.2, 0.25) is 0 Å². The van der Waals surface area contributed by atoms with Gasteiger partial charge in [0.15, 0.2) is 6.61 Å². The van der Waals surface area contributed by atoms with Crippen molar-refractivity contribution in [2.75, 3.05) is 53.0 Å². The summed E-state index contributed by atoms with van der Waals surface area (Å²) in [5, 5.41) is 9.79. The molecule has 0 atom stereocenters. The van der Waals surface area contributed by atoms with Crippen LogP contribution in [0.4, 0.5) is 0 Å². The number of aromatic amines is 1. The molecule has 1 aromatic heterocycles. The lowest BCUT2D eigenvalue weighted by Crippen LogP contribution is -2.50. The SMILES string of the molecule is COCCN1CCN(C(=O)COc2cccc(-c3cc(-c4ccc(O)c(C)c4)nc(=O)[nH]3)c2)CC1. The van der Waals surface area contributed by atoms with E-state index in [-0.39, 0.29) is 18.3 Å². The summed E-state index contributed by atoms with van der Waals surface area (Å²) in [6.45, 7) is 6.28. The van der Waals surface area contributed by atoms with Crippen LogP contribution in [0.1, 0.15) is 5.56 Å². The van der Waals surface area contributed by atoms with Gasteiger partial charge in [-0.25, -0.2) is 4.79 Å². The fourth-order valence-corrected chi connectivity index (χ4v) is 4.01. The fourth-order valence-electron chi connectivity index (χ4n) is 4.01. The first-order chi connectivity index (χ1) is 16.9. The van der Waals surface area contributed by atoms with Crippen molar-refractivity contribution in [3.05, 3.63) is 64.6 Å². The van der Waals surface area contributed by atoms with Crippen molar-refractivity contribution < 1.29 is 19.4 Å². The van der Waals surface area contributed by atoms with Crippen LogP contribution in [0, 0.1) is 6.92 Å². The van der Waals surface area contributed by atoms with Crippen LogP contribution in [0.25, 0.3) is 22.5 Å². The molecule has 0 unspecified atom stereocenters. The van der Waals surface area contributed by atoms with Gasteiger partial charge in [-0.2, -0.15) is 4.98 Å². The molecule has 9 nitrogen and oxygen atoms in total. The molecule has 0 radical (unpaired) electrons. The molecule has 1 amide bonds. The third-order valence-electron chi connectivity index (χ3n) is 6.08. The smallest absolute Gasteiger partial charge is 0.345 e. The van der Waals surface area contributed by atoms with Crippen molar-refractivity contribution in [1.29, 1.82) is 0 Å². The minimum atomic E-state index is -0.477. The second-order valence-corrected chi connectivity index (χ2v) is 8.52. The molecule has 1 fully saturated rings. The van der Waals surface area contributed by atoms with E-state index in [1.807, 2.05) is 17.0 Å². The van der Waals surface area contributed by atoms with Crippen LogP contribution in [0.3, 0.4) is 0 Å². The van der Waals surface area contributed by atoms with Gasteiger partial charge in [-0.15, -0.1) is 0 Å². The molecule has 2 aromatic carbocycles. The van der Waals surface area contributed by atoms with Gasteiger partial charge < -0.3 is 24.5 Å². The van der Waals surface area contributed by atoms with Gasteiger partial charge in [-0.05, 0) is 48.9 Å². The number of phenols is 1. The Balaban J connectivity index is 1.42. The minimum absolute atomic E-state index is 0.0492. The third kappa shape index (κ3) is 6.26. The average Bonchev–Trinajstić information content (AvgIpc) is 2.87. The third-order valence-corrected chi connectivity index (χ3v) is 6.08. The number of rotatable bonds is 8. The van der Waals surface area contributed by atoms with Crippen LogP contribution in [-0.4, -0.2) is 83.8 Å². The lowest BCUT2D eigenvalue weighted by molar-refractivity contribution is -0.135. The second kappa shape index (κ2) is 11.2. The first kappa shape index (κ1) is 24.4. The Morgan fingerprint density at radius 3 is 2.63 bits per heavy atom. The molecule has 1 aliphatic rings. The molecule has 2 heterocycles. The van der Waals surface area contributed by atoms with Crippen molar-refractivity contribution in [2.45, 2.75) is 6.92 Å². The highest BCUT2D eigenvalue weighted by Crippen LogP contribution is 2.27. The number of phenolic OH excluding ortho intramolecular Hbond substituents is 1. The first-order valence-corrected chi connectivity index (χ1v) is 11.6. The zero-order valence-electron chi connectivity index (χ0n) is 20.0. The molecule has 35 heavy (non-hydrogen) atoms. The number of nitrogens with one attached hydrogen (secondary N) is 1. The van der Waals surface area contributed by atoms with E-state index in [0.29, 0.717) is 42.4 Å². The lowest BCUT2D eigenvalue weighted by atomic mass is 10.1. The highest BCUT2D eigenvalue weighted by Gasteiger charge is 2.21. The summed E-state index contributed by atoms with van der Waals surface area (Å²) >= 11 is 0. The van der Waals surface area contributed by atoms with Crippen LogP contribution < -0.4 is 10.4 Å². The van der Waals surface area contributed by atoms with Gasteiger partial charge in [0.1, 0.15) is 11.5 Å². The molecule has 3 aromatic rings. The number of H-pyrrole nitrogens is 1. The second-order valence-electron chi connectivity index (χ2n) is 8.52. The Morgan fingerprint density at radius 2 is 1.89 bits per heavy atom. The van der Waals surface area contributed by atoms with Gasteiger partial charge in [0.25, 0.3) is 5.91 Å². The van der Waals surface area contributed by atoms with Gasteiger partial charge >= 0.3 is 5.69 Å². The van der Waals surface area contributed by atoms with E-state index in [1.165, 1.54) is 0 Å². The number of nitrogens with zero attached hydrogens (tertiary/aromatic N) is 3. The quantitative estimate of drug-likeness (QED) is 0.511. The maximum Gasteiger partial charge on any atom is 0.345 e. The van der Waals surface area contributed by atoms with E-state index in [4.69, 9.17) is 9.47 Å². The summed E-state index contributed by atoms with van der Waals surface area (Å²) < 4.78 is 10.9. The van der Waals surface area contributed by atoms with E-state index in [0.717, 1.165) is 30.8 Å². The van der Waals surface area contributed by atoms with E-state index in [9.17, 15) is 14.7 Å². The topological polar surface area (TPSA) is 108 Å². The van der Waals surface area contributed by atoms with E-state index < -0.39 is 5.69 Å². The summed E-state index contributed by atoms with van der Waals surface area (Å²) in [6.07, 6.45) is 0. The van der Waals surface area contributed by atoms with E-state index >= 15 is 0 Å². The van der Waals surface area contributed by atoms with E-state index in [2.05, 4.69) is 14.9 Å². The van der Waals surface area contributed by atoms with Crippen LogP contribution in [-0.2, 0) is 9.53 Å². The summed E-state index contributed by atoms with van der Waals surface area (Å²) in [5.74, 6) is 0.671. The predicted octanol–water partition coefficient (Wildman–Crippen LogP) is 2.29. The first-order valence-electron chi connectivity index (χ1n) is 11.6. The molecule has 9 heteroatoms. The Morgan fingerprint density at radius 1 is 1.09 bits per heavy atom. The molecule has 184 valence electrons. The fraction of sp³-hybridized carbons (Fsp3) is 0.346. The number of aryl methyl sites for hydroxylation is 1. The van der Waals surface area contributed by atoms with Gasteiger partial charge in [0.2, 0.25) is 0 Å². The normalized spacial score (nSPS) is 14.2. The Labute approximate surface area is 203 Å². The van der Waals surface area contributed by atoms with Crippen LogP contribution >= 0.6 is 0 Å². The molecular formula is C26H30N4O5. The Hall–Kier alpha value is -3.69. The highest BCUT2D eigenvalue weighted by molar-refractivity contribution is 5.78. The number of piperazine rings is 1. The monoisotopic (exact) mass is 478 g/mol. The number of aromatic hydroxyl groups is 1. The summed E-state index contributed by atoms with van der Waals surface area (Å²) in [4.78, 5) is 35.8. The molecule has 1 aliphatic heterocycles. The summed E-state index contributed by atoms with van der Waals surface area (Å²) in [6, 6.07) is 14.1. The number of carbonyl (C=O) groups excluding carboxylic acids is 1. The molecule has 0 aliphatic carbocycles. The molecule has 0 spiro atoms. The molecule has 4 rings (SSSR count). The van der Waals surface area contributed by atoms with Gasteiger partial charge in [0, 0.05) is 51.0 Å². The molecule has 0 bridgehead atoms. The number of benzene rings is 2. The highest BCUT2D eigenvalue weighted by atomic mass is 16.5. The maximum absolute atomic E-state index is 12.6. The van der Waals surface area contributed by atoms with Crippen molar-refractivity contribution in [3.63, 3.8) is 0 Å². The number of aromatic nitrogens is 2. The summed E-state index contributed by atoms with van der Waals surface area (Å²) in [7, 11) is 1.69. The van der Waals surface area contributed by atoms with Crippen molar-refractivity contribution in [2.24, 2.45) is 0 Å². The molecule has 0 saturated carbocycles. The van der Waals surface area contributed by atoms with Gasteiger partial charge in [-0.3, -0.25) is 9.69 Å². The number of carbonyl (C=O) groups is 1. The maximum atomic E-state index is 12.6. The predicted molar refractivity (Wildman–Crippen MR) is 133 cm³/mol. The lowest BCUT2D eigenvalue weighted by Gasteiger charge is -2.34. The number of hydrogen-bond donors (Lipinski definition) is 2. The van der Waals surface area contributed by atoms with Crippen molar-refractivity contribution in [3.8, 4) is 34.0 Å². The van der Waals surface area contributed by atoms with Crippen molar-refractivity contribution >= 4 is 5.91 Å². The standard InChI is InChI=1S/C26H30N4O5/c1-18-14-20(6-7-24(18)31)23-16-22(27-26(33)28-23)19-4-3-5-21(15-19)35-17-25(32)30-10-8-29(9-11-30)12-13-34-2/h3-7,14-16,31H,8-13,17H2,1-2H3,(H,27,28,33). The number of methoxy groups -OCH3 is 1. The zero-order chi connectivity index (χ0) is 24.8. The van der Waals surface area contributed by atoms with Gasteiger partial charge in [0.05, 0.1) is 18.0 Å². The Bertz CT molecular complexity index is 1230. The summed E-state index contributed by atoms with van der Waals surface area (Å²) in [5.41, 5.74) is 2.76. The van der Waals surface area contributed by atoms with Gasteiger partial charge in [-0.1, -0.05) is 12.1 Å². The molecule has 1 saturated heterocycles.